The van der Waals surface area contributed by atoms with Crippen LogP contribution in [0.25, 0.3) is 0 Å². The van der Waals surface area contributed by atoms with E-state index in [9.17, 15) is 54.1 Å². The van der Waals surface area contributed by atoms with E-state index in [2.05, 4.69) is 44.5 Å². The number of carboxylic acid groups (broad SMARTS) is 1. The van der Waals surface area contributed by atoms with Crippen LogP contribution < -0.4 is 37.6 Å². The number of nitriles is 1. The van der Waals surface area contributed by atoms with Crippen LogP contribution in [0.2, 0.25) is 0 Å². The zero-order chi connectivity index (χ0) is 47.3. The number of rotatable bonds is 25. The minimum atomic E-state index is -1.44. The quantitative estimate of drug-likeness (QED) is 0.0421. The van der Waals surface area contributed by atoms with Crippen molar-refractivity contribution >= 4 is 54.0 Å². The van der Waals surface area contributed by atoms with Gasteiger partial charge in [-0.2, -0.15) is 17.9 Å². The average Bonchev–Trinajstić information content (AvgIpc) is 3.27. The van der Waals surface area contributed by atoms with Gasteiger partial charge >= 0.3 is 5.97 Å². The number of amides is 6. The number of carbonyl (C=O) groups excluding carboxylic acids is 6. The van der Waals surface area contributed by atoms with Gasteiger partial charge in [-0.3, -0.25) is 28.8 Å². The molecule has 7 atom stereocenters. The molecule has 0 saturated heterocycles. The van der Waals surface area contributed by atoms with Crippen LogP contribution in [-0.2, 0) is 52.8 Å². The molecule has 0 aliphatic heterocycles. The molecule has 6 amide bonds. The highest BCUT2D eigenvalue weighted by molar-refractivity contribution is 7.80. The van der Waals surface area contributed by atoms with Crippen LogP contribution >= 0.6 is 12.6 Å². The summed E-state index contributed by atoms with van der Waals surface area (Å²) in [7, 11) is 0. The summed E-state index contributed by atoms with van der Waals surface area (Å²) in [4.78, 5) is 93.9. The fourth-order valence-corrected chi connectivity index (χ4v) is 6.80. The van der Waals surface area contributed by atoms with Crippen molar-refractivity contribution in [2.45, 2.75) is 102 Å². The summed E-state index contributed by atoms with van der Waals surface area (Å²) < 4.78 is 0. The molecule has 11 N–H and O–H groups in total. The van der Waals surface area contributed by atoms with E-state index in [1.807, 2.05) is 6.07 Å². The molecule has 0 bridgehead atoms. The number of unbranched alkanes of at least 4 members (excludes halogenated alkanes) is 1. The Morgan fingerprint density at radius 3 is 1.48 bits per heavy atom. The van der Waals surface area contributed by atoms with E-state index in [-0.39, 0.29) is 49.5 Å². The van der Waals surface area contributed by atoms with Gasteiger partial charge in [0.1, 0.15) is 47.8 Å². The third-order valence-electron chi connectivity index (χ3n) is 10.4. The van der Waals surface area contributed by atoms with E-state index < -0.39 is 83.6 Å². The monoisotopic (exact) mass is 902 g/mol. The number of nitrogens with zero attached hydrogens (tertiary/aromatic N) is 1. The lowest BCUT2D eigenvalue weighted by Gasteiger charge is -2.29. The standard InChI is InChI=1S/C45H58N8O10S/c1-4-26(2)39(53-43(60)38(25-64)48-27(3)54)44(61)51-36(22-29-12-16-32(55)17-13-29)41(58)49-34(7-5-6-20-46)40(57)50-35(21-28-8-10-31(24-47)11-9-28)42(59)52-37(45(62)63)23-30-14-18-33(56)19-15-30/h8-19,26,34-39,55-56,64H,4-7,20-23,25,46H2,1-3H3,(H,48,54)(H,49,58)(H,50,57)(H,51,61)(H,52,59)(H,53,60)(H,62,63)/t26-,34-,35-,36-,37-,38-,39-/m0/s1. The van der Waals surface area contributed by atoms with Crippen molar-refractivity contribution in [3.05, 3.63) is 95.1 Å². The summed E-state index contributed by atoms with van der Waals surface area (Å²) in [6.45, 7) is 5.03. The number of nitrogens with one attached hydrogen (secondary N) is 6. The van der Waals surface area contributed by atoms with Gasteiger partial charge in [0, 0.05) is 31.9 Å². The Balaban J connectivity index is 1.97. The molecule has 0 saturated carbocycles. The molecule has 3 aromatic rings. The van der Waals surface area contributed by atoms with Crippen LogP contribution in [0.5, 0.6) is 11.5 Å². The van der Waals surface area contributed by atoms with Crippen LogP contribution in [0.4, 0.5) is 0 Å². The second-order valence-corrected chi connectivity index (χ2v) is 15.8. The van der Waals surface area contributed by atoms with E-state index in [1.54, 1.807) is 38.1 Å². The molecule has 64 heavy (non-hydrogen) atoms. The average molecular weight is 903 g/mol. The number of thiol groups is 1. The minimum absolute atomic E-state index is 0.0337. The lowest BCUT2D eigenvalue weighted by atomic mass is 9.96. The van der Waals surface area contributed by atoms with Gasteiger partial charge in [-0.05, 0) is 84.8 Å². The molecule has 0 aliphatic rings. The number of phenolic OH excluding ortho intramolecular Hbond substituents is 2. The van der Waals surface area contributed by atoms with Gasteiger partial charge in [0.15, 0.2) is 0 Å². The number of benzene rings is 3. The molecular weight excluding hydrogens is 845 g/mol. The van der Waals surface area contributed by atoms with Gasteiger partial charge in [-0.15, -0.1) is 0 Å². The maximum atomic E-state index is 14.3. The van der Waals surface area contributed by atoms with E-state index in [0.29, 0.717) is 41.5 Å². The summed E-state index contributed by atoms with van der Waals surface area (Å²) >= 11 is 4.16. The topological polar surface area (TPSA) is 302 Å². The molecule has 3 aromatic carbocycles. The van der Waals surface area contributed by atoms with E-state index >= 15 is 0 Å². The van der Waals surface area contributed by atoms with Gasteiger partial charge in [0.2, 0.25) is 35.4 Å². The van der Waals surface area contributed by atoms with E-state index in [0.717, 1.165) is 0 Å². The molecule has 0 aromatic heterocycles. The lowest BCUT2D eigenvalue weighted by molar-refractivity contribution is -0.142. The number of nitrogens with two attached hydrogens (primary N) is 1. The van der Waals surface area contributed by atoms with Crippen LogP contribution in [0.15, 0.2) is 72.8 Å². The zero-order valence-corrected chi connectivity index (χ0v) is 36.9. The van der Waals surface area contributed by atoms with E-state index in [1.165, 1.54) is 55.5 Å². The number of hydrogen-bond acceptors (Lipinski definition) is 12. The predicted octanol–water partition coefficient (Wildman–Crippen LogP) is 1.12. The van der Waals surface area contributed by atoms with Gasteiger partial charge in [-0.1, -0.05) is 56.7 Å². The summed E-state index contributed by atoms with van der Waals surface area (Å²) in [5, 5.41) is 54.8. The van der Waals surface area contributed by atoms with Gasteiger partial charge in [-0.25, -0.2) is 4.79 Å². The van der Waals surface area contributed by atoms with Crippen molar-refractivity contribution in [2.75, 3.05) is 12.3 Å². The number of carboxylic acids is 1. The molecule has 19 heteroatoms. The van der Waals surface area contributed by atoms with Crippen LogP contribution in [0, 0.1) is 17.2 Å². The smallest absolute Gasteiger partial charge is 0.326 e. The molecule has 0 fully saturated rings. The summed E-state index contributed by atoms with van der Waals surface area (Å²) in [6.07, 6.45) is 0.868. The zero-order valence-electron chi connectivity index (χ0n) is 36.0. The van der Waals surface area contributed by atoms with Gasteiger partial charge in [0.25, 0.3) is 0 Å². The van der Waals surface area contributed by atoms with Crippen molar-refractivity contribution in [1.29, 1.82) is 5.26 Å². The fraction of sp³-hybridized carbons (Fsp3) is 0.422. The van der Waals surface area contributed by atoms with Crippen molar-refractivity contribution in [3.8, 4) is 17.6 Å². The first-order chi connectivity index (χ1) is 30.5. The summed E-state index contributed by atoms with van der Waals surface area (Å²) in [6, 6.07) is 12.2. The first-order valence-corrected chi connectivity index (χ1v) is 21.5. The van der Waals surface area contributed by atoms with Crippen molar-refractivity contribution in [2.24, 2.45) is 11.7 Å². The molecular formula is C45H58N8O10S. The second kappa shape index (κ2) is 26.1. The first kappa shape index (κ1) is 51.7. The summed E-state index contributed by atoms with van der Waals surface area (Å²) in [5.41, 5.74) is 7.64. The highest BCUT2D eigenvalue weighted by Crippen LogP contribution is 2.16. The van der Waals surface area contributed by atoms with Crippen LogP contribution in [-0.4, -0.2) is 105 Å². The Kier molecular flexibility index (Phi) is 21.1. The Morgan fingerprint density at radius 1 is 0.625 bits per heavy atom. The summed E-state index contributed by atoms with van der Waals surface area (Å²) in [5.74, 6) is -6.29. The Bertz CT molecular complexity index is 2100. The number of phenols is 2. The molecule has 0 heterocycles. The molecule has 0 spiro atoms. The first-order valence-electron chi connectivity index (χ1n) is 20.9. The Hall–Kier alpha value is -6.65. The predicted molar refractivity (Wildman–Crippen MR) is 240 cm³/mol. The van der Waals surface area contributed by atoms with Crippen molar-refractivity contribution in [3.63, 3.8) is 0 Å². The Morgan fingerprint density at radius 2 is 1.05 bits per heavy atom. The highest BCUT2D eigenvalue weighted by atomic mass is 32.1. The van der Waals surface area contributed by atoms with Crippen LogP contribution in [0.3, 0.4) is 0 Å². The number of aliphatic carboxylic acids is 1. The Labute approximate surface area is 377 Å². The van der Waals surface area contributed by atoms with Crippen LogP contribution in [0.1, 0.15) is 68.7 Å². The number of hydrogen-bond donors (Lipinski definition) is 11. The molecule has 18 nitrogen and oxygen atoms in total. The van der Waals surface area contributed by atoms with Crippen molar-refractivity contribution < 1.29 is 48.9 Å². The number of aromatic hydroxyl groups is 2. The SMILES string of the molecule is CC[C@H](C)[C@H](NC(=O)[C@H](CS)NC(C)=O)C(=O)N[C@@H](Cc1ccc(O)cc1)C(=O)N[C@@H](CCCCN)C(=O)N[C@@H](Cc1ccc(C#N)cc1)C(=O)N[C@@H](Cc1ccc(O)cc1)C(=O)O. The normalized spacial score (nSPS) is 14.1. The lowest BCUT2D eigenvalue weighted by Crippen LogP contribution is -2.61. The molecule has 0 unspecified atom stereocenters. The van der Waals surface area contributed by atoms with Gasteiger partial charge < -0.3 is 53.0 Å². The molecule has 0 aliphatic carbocycles. The molecule has 344 valence electrons. The largest absolute Gasteiger partial charge is 0.508 e. The maximum Gasteiger partial charge on any atom is 0.326 e. The highest BCUT2D eigenvalue weighted by Gasteiger charge is 2.35. The van der Waals surface area contributed by atoms with Crippen molar-refractivity contribution in [1.82, 2.24) is 31.9 Å². The third kappa shape index (κ3) is 16.9. The van der Waals surface area contributed by atoms with Gasteiger partial charge in [0.05, 0.1) is 11.6 Å². The molecule has 3 rings (SSSR count). The minimum Gasteiger partial charge on any atom is -0.508 e. The molecule has 0 radical (unpaired) electrons. The third-order valence-corrected chi connectivity index (χ3v) is 10.8. The van der Waals surface area contributed by atoms with E-state index in [4.69, 9.17) is 5.73 Å². The number of carbonyl (C=O) groups is 7. The maximum absolute atomic E-state index is 14.3. The fourth-order valence-electron chi connectivity index (χ4n) is 6.54. The second-order valence-electron chi connectivity index (χ2n) is 15.4.